The number of piperidine rings is 1. The molecule has 2 aromatic rings. The quantitative estimate of drug-likeness (QED) is 0.939. The highest BCUT2D eigenvalue weighted by molar-refractivity contribution is 5.75. The van der Waals surface area contributed by atoms with E-state index in [9.17, 15) is 4.79 Å². The molecule has 124 valence electrons. The molecule has 2 amide bonds. The lowest BCUT2D eigenvalue weighted by Crippen LogP contribution is -2.49. The van der Waals surface area contributed by atoms with Crippen molar-refractivity contribution in [3.8, 4) is 0 Å². The normalized spacial score (nSPS) is 22.8. The van der Waals surface area contributed by atoms with Crippen LogP contribution in [0.5, 0.6) is 0 Å². The second kappa shape index (κ2) is 6.85. The maximum Gasteiger partial charge on any atom is 0.318 e. The molecule has 7 nitrogen and oxygen atoms in total. The van der Waals surface area contributed by atoms with Crippen LogP contribution in [0.3, 0.4) is 0 Å². The van der Waals surface area contributed by atoms with Gasteiger partial charge in [0.05, 0.1) is 18.8 Å². The molecule has 3 rings (SSSR count). The van der Waals surface area contributed by atoms with E-state index in [-0.39, 0.29) is 18.1 Å². The van der Waals surface area contributed by atoms with Gasteiger partial charge in [-0.25, -0.2) is 9.78 Å². The largest absolute Gasteiger partial charge is 0.467 e. The zero-order valence-electron chi connectivity index (χ0n) is 13.6. The Balaban J connectivity index is 1.64. The molecule has 1 saturated heterocycles. The molecule has 0 radical (unpaired) electrons. The third-order valence-electron chi connectivity index (χ3n) is 4.29. The van der Waals surface area contributed by atoms with Crippen LogP contribution in [0, 0.1) is 5.92 Å². The molecule has 0 bridgehead atoms. The number of hydrogen-bond acceptors (Lipinski definition) is 4. The van der Waals surface area contributed by atoms with Crippen molar-refractivity contribution >= 4 is 6.03 Å². The summed E-state index contributed by atoms with van der Waals surface area (Å²) in [4.78, 5) is 18.5. The van der Waals surface area contributed by atoms with Crippen LogP contribution in [0.1, 0.15) is 38.5 Å². The van der Waals surface area contributed by atoms with Crippen LogP contribution >= 0.6 is 0 Å². The molecule has 1 N–H and O–H groups in total. The first-order chi connectivity index (χ1) is 11.1. The van der Waals surface area contributed by atoms with E-state index in [4.69, 9.17) is 4.42 Å². The van der Waals surface area contributed by atoms with E-state index in [1.54, 1.807) is 17.3 Å². The number of aromatic nitrogens is 3. The Bertz CT molecular complexity index is 610. The number of likely N-dealkylation sites (tertiary alicyclic amines) is 1. The summed E-state index contributed by atoms with van der Waals surface area (Å²) in [6, 6.07) is 3.75. The number of nitrogens with one attached hydrogen (secondary N) is 1. The number of carbonyl (C=O) groups excluding carboxylic acids is 1. The van der Waals surface area contributed by atoms with Gasteiger partial charge in [0.25, 0.3) is 0 Å². The van der Waals surface area contributed by atoms with E-state index in [1.807, 2.05) is 24.0 Å². The topological polar surface area (TPSA) is 76.2 Å². The van der Waals surface area contributed by atoms with E-state index in [2.05, 4.69) is 22.3 Å². The van der Waals surface area contributed by atoms with Crippen LogP contribution in [0.25, 0.3) is 0 Å². The first-order valence-electron chi connectivity index (χ1n) is 8.06. The second-order valence-electron chi connectivity index (χ2n) is 6.32. The molecule has 0 spiro atoms. The average molecular weight is 317 g/mol. The van der Waals surface area contributed by atoms with Gasteiger partial charge in [-0.05, 0) is 37.8 Å². The lowest BCUT2D eigenvalue weighted by Gasteiger charge is -2.38. The summed E-state index contributed by atoms with van der Waals surface area (Å²) in [5.41, 5.74) is 0. The van der Waals surface area contributed by atoms with Gasteiger partial charge in [0.1, 0.15) is 18.4 Å². The SMILES string of the molecule is CC1CCN(C(=O)NC(C)Cn2cncn2)C(c2ccco2)C1. The predicted molar refractivity (Wildman–Crippen MR) is 84.6 cm³/mol. The van der Waals surface area contributed by atoms with Crippen LogP contribution < -0.4 is 5.32 Å². The van der Waals surface area contributed by atoms with Crippen LogP contribution in [0.4, 0.5) is 4.79 Å². The molecule has 1 aliphatic heterocycles. The van der Waals surface area contributed by atoms with Crippen LogP contribution in [0.2, 0.25) is 0 Å². The number of amides is 2. The van der Waals surface area contributed by atoms with E-state index in [0.29, 0.717) is 12.5 Å². The van der Waals surface area contributed by atoms with Gasteiger partial charge >= 0.3 is 6.03 Å². The van der Waals surface area contributed by atoms with Crippen LogP contribution in [-0.4, -0.2) is 38.3 Å². The summed E-state index contributed by atoms with van der Waals surface area (Å²) in [6.07, 6.45) is 6.75. The first-order valence-corrected chi connectivity index (χ1v) is 8.06. The highest BCUT2D eigenvalue weighted by Gasteiger charge is 2.33. The fourth-order valence-electron chi connectivity index (χ4n) is 3.08. The molecule has 0 saturated carbocycles. The fourth-order valence-corrected chi connectivity index (χ4v) is 3.08. The number of furan rings is 1. The zero-order chi connectivity index (χ0) is 16.2. The molecular weight excluding hydrogens is 294 g/mol. The van der Waals surface area contributed by atoms with Gasteiger partial charge in [0, 0.05) is 12.6 Å². The standard InChI is InChI=1S/C16H23N5O2/c1-12-5-6-21(14(8-12)15-4-3-7-23-15)16(22)19-13(2)9-20-11-17-10-18-20/h3-4,7,10-14H,5-6,8-9H2,1-2H3,(H,19,22). The summed E-state index contributed by atoms with van der Waals surface area (Å²) in [6.45, 7) is 5.53. The monoisotopic (exact) mass is 317 g/mol. The molecule has 23 heavy (non-hydrogen) atoms. The van der Waals surface area contributed by atoms with Crippen molar-refractivity contribution in [2.45, 2.75) is 45.3 Å². The predicted octanol–water partition coefficient (Wildman–Crippen LogP) is 2.44. The number of nitrogens with zero attached hydrogens (tertiary/aromatic N) is 4. The van der Waals surface area contributed by atoms with Gasteiger partial charge in [0.2, 0.25) is 0 Å². The third-order valence-corrected chi connectivity index (χ3v) is 4.29. The van der Waals surface area contributed by atoms with Crippen LogP contribution in [0.15, 0.2) is 35.5 Å². The van der Waals surface area contributed by atoms with Gasteiger partial charge in [-0.15, -0.1) is 0 Å². The zero-order valence-corrected chi connectivity index (χ0v) is 13.6. The number of rotatable bonds is 4. The van der Waals surface area contributed by atoms with Crippen molar-refractivity contribution in [2.24, 2.45) is 5.92 Å². The Morgan fingerprint density at radius 2 is 2.43 bits per heavy atom. The fraction of sp³-hybridized carbons (Fsp3) is 0.562. The van der Waals surface area contributed by atoms with Crippen molar-refractivity contribution < 1.29 is 9.21 Å². The van der Waals surface area contributed by atoms with Crippen molar-refractivity contribution in [1.29, 1.82) is 0 Å². The molecular formula is C16H23N5O2. The highest BCUT2D eigenvalue weighted by Crippen LogP contribution is 2.34. The summed E-state index contributed by atoms with van der Waals surface area (Å²) in [5, 5.41) is 7.12. The van der Waals surface area contributed by atoms with E-state index >= 15 is 0 Å². The molecule has 3 unspecified atom stereocenters. The van der Waals surface area contributed by atoms with Gasteiger partial charge < -0.3 is 14.6 Å². The van der Waals surface area contributed by atoms with E-state index in [1.165, 1.54) is 6.33 Å². The molecule has 2 aromatic heterocycles. The van der Waals surface area contributed by atoms with Gasteiger partial charge in [-0.2, -0.15) is 5.10 Å². The first kappa shape index (κ1) is 15.6. The summed E-state index contributed by atoms with van der Waals surface area (Å²) >= 11 is 0. The molecule has 0 aliphatic carbocycles. The van der Waals surface area contributed by atoms with Crippen molar-refractivity contribution in [2.75, 3.05) is 6.54 Å². The average Bonchev–Trinajstić information content (AvgIpc) is 3.20. The summed E-state index contributed by atoms with van der Waals surface area (Å²) in [5.74, 6) is 1.44. The number of carbonyl (C=O) groups is 1. The molecule has 1 fully saturated rings. The van der Waals surface area contributed by atoms with Crippen molar-refractivity contribution in [3.05, 3.63) is 36.8 Å². The lowest BCUT2D eigenvalue weighted by molar-refractivity contribution is 0.117. The Labute approximate surface area is 135 Å². The van der Waals surface area contributed by atoms with Gasteiger partial charge in [-0.3, -0.25) is 4.68 Å². The Morgan fingerprint density at radius 1 is 1.57 bits per heavy atom. The maximum absolute atomic E-state index is 12.7. The Morgan fingerprint density at radius 3 is 3.13 bits per heavy atom. The molecule has 1 aliphatic rings. The smallest absolute Gasteiger partial charge is 0.318 e. The minimum absolute atomic E-state index is 0.00678. The molecule has 0 aromatic carbocycles. The number of urea groups is 1. The minimum Gasteiger partial charge on any atom is -0.467 e. The van der Waals surface area contributed by atoms with Crippen molar-refractivity contribution in [1.82, 2.24) is 25.0 Å². The minimum atomic E-state index is -0.0501. The van der Waals surface area contributed by atoms with E-state index < -0.39 is 0 Å². The summed E-state index contributed by atoms with van der Waals surface area (Å²) in [7, 11) is 0. The number of hydrogen-bond donors (Lipinski definition) is 1. The van der Waals surface area contributed by atoms with Gasteiger partial charge in [0.15, 0.2) is 0 Å². The molecule has 3 atom stereocenters. The Kier molecular flexibility index (Phi) is 4.64. The molecule has 7 heteroatoms. The third kappa shape index (κ3) is 3.72. The maximum atomic E-state index is 12.7. The lowest BCUT2D eigenvalue weighted by atomic mass is 9.91. The van der Waals surface area contributed by atoms with Gasteiger partial charge in [-0.1, -0.05) is 6.92 Å². The second-order valence-corrected chi connectivity index (χ2v) is 6.32. The highest BCUT2D eigenvalue weighted by atomic mass is 16.3. The Hall–Kier alpha value is -2.31. The molecule has 3 heterocycles. The summed E-state index contributed by atoms with van der Waals surface area (Å²) < 4.78 is 7.26. The van der Waals surface area contributed by atoms with Crippen molar-refractivity contribution in [3.63, 3.8) is 0 Å². The van der Waals surface area contributed by atoms with E-state index in [0.717, 1.165) is 25.1 Å². The van der Waals surface area contributed by atoms with Crippen LogP contribution in [-0.2, 0) is 6.54 Å².